The number of carbonyl (C=O) groups is 1. The molecule has 0 fully saturated rings. The van der Waals surface area contributed by atoms with Gasteiger partial charge in [-0.25, -0.2) is 0 Å². The van der Waals surface area contributed by atoms with Crippen LogP contribution >= 0.6 is 34.4 Å². The predicted molar refractivity (Wildman–Crippen MR) is 142 cm³/mol. The van der Waals surface area contributed by atoms with Crippen molar-refractivity contribution in [2.24, 2.45) is 0 Å². The predicted octanol–water partition coefficient (Wildman–Crippen LogP) is 8.21. The molecule has 0 bridgehead atoms. The number of thiophene rings is 2. The molecule has 2 aliphatic rings. The highest BCUT2D eigenvalue weighted by Gasteiger charge is 2.34. The fourth-order valence-corrected chi connectivity index (χ4v) is 7.50. The molecule has 34 heavy (non-hydrogen) atoms. The second-order valence-electron chi connectivity index (χ2n) is 8.32. The van der Waals surface area contributed by atoms with E-state index in [4.69, 9.17) is 0 Å². The second kappa shape index (κ2) is 7.68. The molecule has 3 heterocycles. The quantitative estimate of drug-likeness (QED) is 0.246. The number of hydrogen-bond acceptors (Lipinski definition) is 6. The van der Waals surface area contributed by atoms with Crippen molar-refractivity contribution in [3.05, 3.63) is 105 Å². The van der Waals surface area contributed by atoms with Crippen LogP contribution in [0.1, 0.15) is 26.9 Å². The normalized spacial score (nSPS) is 17.8. The van der Waals surface area contributed by atoms with Gasteiger partial charge in [0.05, 0.1) is 11.4 Å². The maximum absolute atomic E-state index is 13.2. The Hall–Kier alpha value is -3.16. The smallest absolute Gasteiger partial charge is 0.192 e. The Morgan fingerprint density at radius 2 is 1.53 bits per heavy atom. The van der Waals surface area contributed by atoms with Crippen molar-refractivity contribution in [2.45, 2.75) is 15.9 Å². The molecule has 0 amide bonds. The van der Waals surface area contributed by atoms with Crippen LogP contribution in [0.3, 0.4) is 0 Å². The lowest BCUT2D eigenvalue weighted by Gasteiger charge is -2.31. The van der Waals surface area contributed by atoms with Crippen molar-refractivity contribution >= 4 is 73.4 Å². The van der Waals surface area contributed by atoms with Crippen molar-refractivity contribution in [3.63, 3.8) is 0 Å². The van der Waals surface area contributed by atoms with Crippen LogP contribution in [0.4, 0.5) is 16.4 Å². The number of carbonyl (C=O) groups excluding carboxylic acids is 1. The molecule has 1 N–H and O–H groups in total. The first-order chi connectivity index (χ1) is 16.7. The van der Waals surface area contributed by atoms with E-state index in [1.807, 2.05) is 35.0 Å². The molecule has 164 valence electrons. The van der Waals surface area contributed by atoms with E-state index >= 15 is 0 Å². The van der Waals surface area contributed by atoms with Gasteiger partial charge in [-0.3, -0.25) is 9.69 Å². The molecule has 0 spiro atoms. The summed E-state index contributed by atoms with van der Waals surface area (Å²) in [4.78, 5) is 18.8. The Morgan fingerprint density at radius 3 is 2.26 bits per heavy atom. The average molecular weight is 496 g/mol. The lowest BCUT2D eigenvalue weighted by Crippen LogP contribution is -2.13. The first kappa shape index (κ1) is 20.2. The molecule has 0 saturated heterocycles. The van der Waals surface area contributed by atoms with E-state index in [2.05, 4.69) is 59.5 Å². The molecule has 1 atom stereocenters. The summed E-state index contributed by atoms with van der Waals surface area (Å²) in [6.45, 7) is 0. The number of ketones is 1. The van der Waals surface area contributed by atoms with Crippen LogP contribution in [-0.2, 0) is 0 Å². The minimum atomic E-state index is -0.898. The number of anilines is 3. The molecule has 2 aromatic heterocycles. The van der Waals surface area contributed by atoms with Gasteiger partial charge in [-0.1, -0.05) is 36.0 Å². The number of aliphatic hydroxyl groups excluding tert-OH is 1. The molecule has 7 rings (SSSR count). The highest BCUT2D eigenvalue weighted by molar-refractivity contribution is 7.99. The maximum Gasteiger partial charge on any atom is 0.192 e. The summed E-state index contributed by atoms with van der Waals surface area (Å²) in [6, 6.07) is 24.8. The van der Waals surface area contributed by atoms with Crippen LogP contribution in [0.5, 0.6) is 0 Å². The summed E-state index contributed by atoms with van der Waals surface area (Å²) in [7, 11) is 0. The van der Waals surface area contributed by atoms with Gasteiger partial charge in [0, 0.05) is 25.8 Å². The Balaban J connectivity index is 1.29. The summed E-state index contributed by atoms with van der Waals surface area (Å²) in [5.41, 5.74) is 4.05. The van der Waals surface area contributed by atoms with E-state index < -0.39 is 6.10 Å². The summed E-state index contributed by atoms with van der Waals surface area (Å²) < 4.78 is 0. The zero-order valence-electron chi connectivity index (χ0n) is 17.8. The van der Waals surface area contributed by atoms with Gasteiger partial charge in [-0.2, -0.15) is 11.3 Å². The van der Waals surface area contributed by atoms with Gasteiger partial charge in [0.15, 0.2) is 5.78 Å². The maximum atomic E-state index is 13.2. The van der Waals surface area contributed by atoms with Crippen LogP contribution in [0.25, 0.3) is 16.8 Å². The van der Waals surface area contributed by atoms with Gasteiger partial charge in [0.1, 0.15) is 11.1 Å². The summed E-state index contributed by atoms with van der Waals surface area (Å²) in [6.07, 6.45) is 0.954. The minimum Gasteiger partial charge on any atom is -0.383 e. The third-order valence-electron chi connectivity index (χ3n) is 6.30. The van der Waals surface area contributed by atoms with Gasteiger partial charge in [0.25, 0.3) is 0 Å². The fraction of sp³-hybridized carbons (Fsp3) is 0.0357. The van der Waals surface area contributed by atoms with Crippen molar-refractivity contribution in [2.75, 3.05) is 4.90 Å². The molecule has 0 radical (unpaired) electrons. The molecular formula is C28H17NO2S3. The lowest BCUT2D eigenvalue weighted by molar-refractivity contribution is 0.102. The highest BCUT2D eigenvalue weighted by atomic mass is 32.2. The first-order valence-corrected chi connectivity index (χ1v) is 13.4. The average Bonchev–Trinajstić information content (AvgIpc) is 3.57. The topological polar surface area (TPSA) is 40.5 Å². The molecular weight excluding hydrogens is 479 g/mol. The second-order valence-corrected chi connectivity index (χ2v) is 11.2. The number of nitrogens with zero attached hydrogens (tertiary/aromatic N) is 1. The largest absolute Gasteiger partial charge is 0.383 e. The Bertz CT molecular complexity index is 1600. The Kier molecular flexibility index (Phi) is 4.57. The van der Waals surface area contributed by atoms with Crippen molar-refractivity contribution in [3.8, 4) is 0 Å². The molecule has 1 aliphatic heterocycles. The van der Waals surface area contributed by atoms with E-state index in [0.717, 1.165) is 32.0 Å². The lowest BCUT2D eigenvalue weighted by atomic mass is 10.1. The fourth-order valence-electron chi connectivity index (χ4n) is 4.69. The van der Waals surface area contributed by atoms with Crippen LogP contribution < -0.4 is 4.90 Å². The zero-order valence-corrected chi connectivity index (χ0v) is 20.2. The number of aliphatic hydroxyl groups is 1. The third kappa shape index (κ3) is 3.03. The van der Waals surface area contributed by atoms with Crippen LogP contribution in [-0.4, -0.2) is 10.9 Å². The van der Waals surface area contributed by atoms with Gasteiger partial charge in [-0.15, -0.1) is 11.3 Å². The highest BCUT2D eigenvalue weighted by Crippen LogP contribution is 2.52. The van der Waals surface area contributed by atoms with Crippen molar-refractivity contribution in [1.82, 2.24) is 0 Å². The molecule has 6 heteroatoms. The molecule has 5 aromatic rings. The summed E-state index contributed by atoms with van der Waals surface area (Å²) >= 11 is 5.01. The van der Waals surface area contributed by atoms with E-state index in [1.54, 1.807) is 34.4 Å². The number of rotatable bonds is 2. The van der Waals surface area contributed by atoms with Gasteiger partial charge in [0.2, 0.25) is 0 Å². The van der Waals surface area contributed by atoms with Crippen LogP contribution in [0.2, 0.25) is 0 Å². The molecule has 1 aliphatic carbocycles. The van der Waals surface area contributed by atoms with E-state index in [9.17, 15) is 9.90 Å². The number of benzene rings is 3. The summed E-state index contributed by atoms with van der Waals surface area (Å²) in [5, 5.41) is 18.3. The van der Waals surface area contributed by atoms with Crippen molar-refractivity contribution < 1.29 is 9.90 Å². The van der Waals surface area contributed by atoms with E-state index in [-0.39, 0.29) is 5.78 Å². The Morgan fingerprint density at radius 1 is 0.853 bits per heavy atom. The third-order valence-corrected chi connectivity index (χ3v) is 9.23. The van der Waals surface area contributed by atoms with Gasteiger partial charge >= 0.3 is 0 Å². The molecule has 0 saturated carbocycles. The van der Waals surface area contributed by atoms with Crippen LogP contribution in [0, 0.1) is 0 Å². The standard InChI is InChI=1S/C28H17NO2S3/c30-27-19-11-16-14-32-15-17(16)12-20(19)28(31)21(27)13-18-9-10-26(33-18)29-22-5-1-3-7-24(22)34-25-8-4-2-6-23(25)29/h1-15,27,30H/b21-13+. The number of hydrogen-bond donors (Lipinski definition) is 1. The molecule has 3 nitrogen and oxygen atoms in total. The molecule has 1 unspecified atom stereocenters. The molecule has 3 aromatic carbocycles. The van der Waals surface area contributed by atoms with E-state index in [1.165, 1.54) is 9.79 Å². The number of Topliss-reactive ketones (excluding diaryl/α,β-unsaturated/α-hetero) is 1. The van der Waals surface area contributed by atoms with Crippen LogP contribution in [0.15, 0.2) is 98.9 Å². The van der Waals surface area contributed by atoms with Crippen molar-refractivity contribution in [1.29, 1.82) is 0 Å². The van der Waals surface area contributed by atoms with Gasteiger partial charge < -0.3 is 5.11 Å². The first-order valence-electron chi connectivity index (χ1n) is 10.9. The van der Waals surface area contributed by atoms with Gasteiger partial charge in [-0.05, 0) is 81.7 Å². The Labute approximate surface area is 208 Å². The SMILES string of the molecule is O=C1/C(=C/c2ccc(N3c4ccccc4Sc4ccccc43)s2)C(O)c2cc3cscc3cc21. The summed E-state index contributed by atoms with van der Waals surface area (Å²) in [5.74, 6) is -0.0874. The zero-order chi connectivity index (χ0) is 22.8. The van der Waals surface area contributed by atoms with E-state index in [0.29, 0.717) is 16.7 Å². The monoisotopic (exact) mass is 495 g/mol. The minimum absolute atomic E-state index is 0.0874. The number of fused-ring (bicyclic) bond motifs is 4. The number of para-hydroxylation sites is 2.